The molecule has 1 aliphatic heterocycles. The summed E-state index contributed by atoms with van der Waals surface area (Å²) >= 11 is 0. The maximum absolute atomic E-state index is 9.74. The number of hydrogen-bond donors (Lipinski definition) is 2. The van der Waals surface area contributed by atoms with Crippen LogP contribution in [0.1, 0.15) is 42.6 Å². The molecule has 4 nitrogen and oxygen atoms in total. The Labute approximate surface area is 135 Å². The minimum atomic E-state index is -0.230. The predicted molar refractivity (Wildman–Crippen MR) is 89.3 cm³/mol. The highest BCUT2D eigenvalue weighted by atomic mass is 16.5. The van der Waals surface area contributed by atoms with Crippen LogP contribution in [-0.2, 0) is 0 Å². The van der Waals surface area contributed by atoms with Crippen LogP contribution in [0.2, 0.25) is 0 Å². The highest BCUT2D eigenvalue weighted by Gasteiger charge is 2.35. The molecule has 2 aromatic carbocycles. The molecule has 0 saturated heterocycles. The number of methoxy groups -OCH3 is 1. The Morgan fingerprint density at radius 2 is 1.91 bits per heavy atom. The van der Waals surface area contributed by atoms with Crippen molar-refractivity contribution in [2.75, 3.05) is 7.11 Å². The molecule has 4 heteroatoms. The van der Waals surface area contributed by atoms with E-state index in [4.69, 9.17) is 9.47 Å². The van der Waals surface area contributed by atoms with Gasteiger partial charge in [-0.25, -0.2) is 0 Å². The number of phenolic OH excluding ortho intramolecular Hbond substituents is 2. The minimum absolute atomic E-state index is 0.105. The Hall–Kier alpha value is -2.62. The van der Waals surface area contributed by atoms with Gasteiger partial charge in [-0.1, -0.05) is 25.1 Å². The first kappa shape index (κ1) is 15.3. The molecule has 0 radical (unpaired) electrons. The summed E-state index contributed by atoms with van der Waals surface area (Å²) in [5.74, 6) is 1.27. The van der Waals surface area contributed by atoms with Gasteiger partial charge in [-0.3, -0.25) is 0 Å². The number of rotatable bonds is 3. The van der Waals surface area contributed by atoms with E-state index in [1.165, 1.54) is 6.07 Å². The van der Waals surface area contributed by atoms with Crippen molar-refractivity contribution in [3.05, 3.63) is 53.1 Å². The van der Waals surface area contributed by atoms with Crippen LogP contribution in [0, 0.1) is 0 Å². The molecule has 0 fully saturated rings. The van der Waals surface area contributed by atoms with Crippen molar-refractivity contribution in [3.63, 3.8) is 0 Å². The SMILES string of the molecule is C/C=C/c1cc(OC)c2c(c1)[C@H](C)[C@@H](c1ccc(O)c(O)c1)O2. The van der Waals surface area contributed by atoms with Crippen molar-refractivity contribution in [2.45, 2.75) is 25.9 Å². The highest BCUT2D eigenvalue weighted by Crippen LogP contribution is 2.51. The van der Waals surface area contributed by atoms with E-state index in [1.807, 2.05) is 25.1 Å². The van der Waals surface area contributed by atoms with Crippen molar-refractivity contribution in [2.24, 2.45) is 0 Å². The fraction of sp³-hybridized carbons (Fsp3) is 0.263. The summed E-state index contributed by atoms with van der Waals surface area (Å²) in [6, 6.07) is 8.83. The number of fused-ring (bicyclic) bond motifs is 1. The van der Waals surface area contributed by atoms with Gasteiger partial charge in [0.2, 0.25) is 0 Å². The van der Waals surface area contributed by atoms with E-state index < -0.39 is 0 Å². The second-order valence-electron chi connectivity index (χ2n) is 5.72. The van der Waals surface area contributed by atoms with Gasteiger partial charge < -0.3 is 19.7 Å². The average Bonchev–Trinajstić information content (AvgIpc) is 2.87. The summed E-state index contributed by atoms with van der Waals surface area (Å²) in [6.45, 7) is 4.06. The van der Waals surface area contributed by atoms with Gasteiger partial charge in [0, 0.05) is 11.5 Å². The summed E-state index contributed by atoms with van der Waals surface area (Å²) in [5, 5.41) is 19.2. The van der Waals surface area contributed by atoms with Crippen LogP contribution >= 0.6 is 0 Å². The number of ether oxygens (including phenoxy) is 2. The van der Waals surface area contributed by atoms with Crippen LogP contribution in [0.3, 0.4) is 0 Å². The molecule has 23 heavy (non-hydrogen) atoms. The van der Waals surface area contributed by atoms with E-state index in [9.17, 15) is 10.2 Å². The number of phenols is 2. The molecule has 0 unspecified atom stereocenters. The van der Waals surface area contributed by atoms with Crippen LogP contribution in [-0.4, -0.2) is 17.3 Å². The lowest BCUT2D eigenvalue weighted by molar-refractivity contribution is 0.207. The van der Waals surface area contributed by atoms with Gasteiger partial charge in [-0.05, 0) is 42.3 Å². The van der Waals surface area contributed by atoms with Crippen LogP contribution in [0.5, 0.6) is 23.0 Å². The first-order chi connectivity index (χ1) is 11.0. The van der Waals surface area contributed by atoms with E-state index in [1.54, 1.807) is 19.2 Å². The average molecular weight is 312 g/mol. The van der Waals surface area contributed by atoms with Gasteiger partial charge in [0.1, 0.15) is 6.10 Å². The second-order valence-corrected chi connectivity index (χ2v) is 5.72. The van der Waals surface area contributed by atoms with E-state index >= 15 is 0 Å². The summed E-state index contributed by atoms with van der Waals surface area (Å²) in [4.78, 5) is 0. The molecule has 0 saturated carbocycles. The summed E-state index contributed by atoms with van der Waals surface area (Å²) in [5.41, 5.74) is 2.96. The highest BCUT2D eigenvalue weighted by molar-refractivity contribution is 5.62. The molecule has 120 valence electrons. The Kier molecular flexibility index (Phi) is 3.90. The molecule has 0 amide bonds. The van der Waals surface area contributed by atoms with Gasteiger partial charge >= 0.3 is 0 Å². The monoisotopic (exact) mass is 312 g/mol. The molecule has 0 bridgehead atoms. The van der Waals surface area contributed by atoms with E-state index in [0.717, 1.165) is 22.4 Å². The zero-order valence-electron chi connectivity index (χ0n) is 13.4. The Morgan fingerprint density at radius 3 is 2.57 bits per heavy atom. The smallest absolute Gasteiger partial charge is 0.165 e. The maximum Gasteiger partial charge on any atom is 0.165 e. The van der Waals surface area contributed by atoms with Crippen LogP contribution in [0.15, 0.2) is 36.4 Å². The molecule has 1 aliphatic rings. The summed E-state index contributed by atoms with van der Waals surface area (Å²) in [7, 11) is 1.63. The standard InChI is InChI=1S/C19H20O4/c1-4-5-12-8-14-11(2)18(23-19(14)17(9-12)22-3)13-6-7-15(20)16(21)10-13/h4-11,18,20-21H,1-3H3/b5-4+/t11-,18-/m0/s1. The Bertz CT molecular complexity index is 764. The number of allylic oxidation sites excluding steroid dienone is 1. The molecule has 0 spiro atoms. The zero-order valence-corrected chi connectivity index (χ0v) is 13.4. The Balaban J connectivity index is 2.03. The topological polar surface area (TPSA) is 58.9 Å². The first-order valence-corrected chi connectivity index (χ1v) is 7.58. The first-order valence-electron chi connectivity index (χ1n) is 7.58. The zero-order chi connectivity index (χ0) is 16.6. The van der Waals surface area contributed by atoms with Crippen molar-refractivity contribution >= 4 is 6.08 Å². The van der Waals surface area contributed by atoms with Crippen LogP contribution in [0.25, 0.3) is 6.08 Å². The fourth-order valence-corrected chi connectivity index (χ4v) is 3.02. The van der Waals surface area contributed by atoms with Gasteiger partial charge in [-0.15, -0.1) is 0 Å². The van der Waals surface area contributed by atoms with E-state index in [0.29, 0.717) is 5.75 Å². The van der Waals surface area contributed by atoms with Crippen molar-refractivity contribution in [3.8, 4) is 23.0 Å². The largest absolute Gasteiger partial charge is 0.504 e. The third-order valence-corrected chi connectivity index (χ3v) is 4.20. The van der Waals surface area contributed by atoms with Gasteiger partial charge in [0.15, 0.2) is 23.0 Å². The summed E-state index contributed by atoms with van der Waals surface area (Å²) in [6.07, 6.45) is 3.78. The van der Waals surface area contributed by atoms with Gasteiger partial charge in [0.25, 0.3) is 0 Å². The molecule has 1 heterocycles. The van der Waals surface area contributed by atoms with E-state index in [2.05, 4.69) is 13.0 Å². The Morgan fingerprint density at radius 1 is 1.13 bits per heavy atom. The number of benzene rings is 2. The van der Waals surface area contributed by atoms with E-state index in [-0.39, 0.29) is 23.5 Å². The maximum atomic E-state index is 9.74. The second kappa shape index (κ2) is 5.88. The fourth-order valence-electron chi connectivity index (χ4n) is 3.02. The van der Waals surface area contributed by atoms with Crippen LogP contribution in [0.4, 0.5) is 0 Å². The molecule has 2 atom stereocenters. The lowest BCUT2D eigenvalue weighted by Gasteiger charge is -2.16. The molecular weight excluding hydrogens is 292 g/mol. The molecular formula is C19H20O4. The van der Waals surface area contributed by atoms with Crippen molar-refractivity contribution < 1.29 is 19.7 Å². The minimum Gasteiger partial charge on any atom is -0.504 e. The lowest BCUT2D eigenvalue weighted by atomic mass is 9.91. The predicted octanol–water partition coefficient (Wildman–Crippen LogP) is 4.38. The molecule has 2 N–H and O–H groups in total. The van der Waals surface area contributed by atoms with Crippen molar-refractivity contribution in [1.82, 2.24) is 0 Å². The van der Waals surface area contributed by atoms with Crippen LogP contribution < -0.4 is 9.47 Å². The number of aromatic hydroxyl groups is 2. The molecule has 0 aliphatic carbocycles. The third-order valence-electron chi connectivity index (χ3n) is 4.20. The number of hydrogen-bond acceptors (Lipinski definition) is 4. The van der Waals surface area contributed by atoms with Crippen molar-refractivity contribution in [1.29, 1.82) is 0 Å². The van der Waals surface area contributed by atoms with Gasteiger partial charge in [-0.2, -0.15) is 0 Å². The summed E-state index contributed by atoms with van der Waals surface area (Å²) < 4.78 is 11.6. The quantitative estimate of drug-likeness (QED) is 0.826. The normalized spacial score (nSPS) is 19.6. The lowest BCUT2D eigenvalue weighted by Crippen LogP contribution is -2.07. The third kappa shape index (κ3) is 2.61. The molecule has 0 aromatic heterocycles. The molecule has 3 rings (SSSR count). The molecule has 2 aromatic rings. The van der Waals surface area contributed by atoms with Gasteiger partial charge in [0.05, 0.1) is 7.11 Å².